The lowest BCUT2D eigenvalue weighted by Gasteiger charge is -2.20. The van der Waals surface area contributed by atoms with Gasteiger partial charge in [-0.05, 0) is 84.3 Å². The minimum absolute atomic E-state index is 1.23. The molecule has 9 rings (SSSR count). The van der Waals surface area contributed by atoms with Gasteiger partial charge in [0.1, 0.15) is 0 Å². The lowest BCUT2D eigenvalue weighted by molar-refractivity contribution is 1.60. The van der Waals surface area contributed by atoms with E-state index >= 15 is 0 Å². The first-order valence-electron chi connectivity index (χ1n) is 15.4. The topological polar surface area (TPSA) is 0 Å². The molecule has 1 heterocycles. The van der Waals surface area contributed by atoms with Crippen LogP contribution in [0.25, 0.3) is 86.2 Å². The van der Waals surface area contributed by atoms with Crippen LogP contribution in [0.5, 0.6) is 0 Å². The van der Waals surface area contributed by atoms with Crippen LogP contribution in [0, 0.1) is 0 Å². The molecule has 1 aromatic heterocycles. The highest BCUT2D eigenvalue weighted by atomic mass is 32.1. The van der Waals surface area contributed by atoms with Gasteiger partial charge in [0.05, 0.1) is 0 Å². The van der Waals surface area contributed by atoms with Gasteiger partial charge in [0.15, 0.2) is 0 Å². The third-order valence-corrected chi connectivity index (χ3v) is 10.2. The van der Waals surface area contributed by atoms with Gasteiger partial charge in [0.25, 0.3) is 0 Å². The number of fused-ring (bicyclic) bond motifs is 5. The first-order chi connectivity index (χ1) is 22.3. The third kappa shape index (κ3) is 4.28. The van der Waals surface area contributed by atoms with Crippen LogP contribution in [-0.4, -0.2) is 0 Å². The molecule has 0 spiro atoms. The van der Waals surface area contributed by atoms with Crippen LogP contribution >= 0.6 is 11.3 Å². The van der Waals surface area contributed by atoms with Gasteiger partial charge in [-0.2, -0.15) is 0 Å². The number of rotatable bonds is 4. The highest BCUT2D eigenvalue weighted by Gasteiger charge is 2.19. The zero-order valence-electron chi connectivity index (χ0n) is 24.6. The second-order valence-corrected chi connectivity index (χ2v) is 12.7. The zero-order valence-corrected chi connectivity index (χ0v) is 25.4. The maximum Gasteiger partial charge on any atom is 0.0361 e. The molecule has 0 radical (unpaired) electrons. The predicted molar refractivity (Wildman–Crippen MR) is 196 cm³/mol. The molecule has 210 valence electrons. The summed E-state index contributed by atoms with van der Waals surface area (Å²) in [5.41, 5.74) is 10.0. The Labute approximate surface area is 266 Å². The van der Waals surface area contributed by atoms with Gasteiger partial charge in [0.2, 0.25) is 0 Å². The normalized spacial score (nSPS) is 11.6. The second-order valence-electron chi connectivity index (χ2n) is 11.6. The lowest BCUT2D eigenvalue weighted by Crippen LogP contribution is -1.92. The fourth-order valence-corrected chi connectivity index (χ4v) is 8.21. The van der Waals surface area contributed by atoms with Gasteiger partial charge < -0.3 is 0 Å². The van der Waals surface area contributed by atoms with E-state index in [1.165, 1.54) is 86.2 Å². The zero-order chi connectivity index (χ0) is 29.7. The number of benzene rings is 8. The molecule has 8 aromatic carbocycles. The standard InChI is InChI=1S/C44H28S/c1-2-13-29(14-3-1)33-17-4-5-19-36(33)44-39-22-8-6-20-37(39)43(38-21-7-9-23-40(38)44)32-16-12-15-30(27-32)31-25-26-35-34-18-10-11-24-41(34)45-42(35)28-31/h1-28H. The van der Waals surface area contributed by atoms with Crippen molar-refractivity contribution in [2.75, 3.05) is 0 Å². The van der Waals surface area contributed by atoms with E-state index in [1.54, 1.807) is 0 Å². The van der Waals surface area contributed by atoms with E-state index in [0.29, 0.717) is 0 Å². The van der Waals surface area contributed by atoms with Crippen molar-refractivity contribution in [2.45, 2.75) is 0 Å². The molecule has 0 saturated carbocycles. The molecule has 0 saturated heterocycles. The Morgan fingerprint density at radius 2 is 0.778 bits per heavy atom. The molecule has 0 aliphatic heterocycles. The highest BCUT2D eigenvalue weighted by Crippen LogP contribution is 2.46. The average molecular weight is 589 g/mol. The maximum atomic E-state index is 2.38. The van der Waals surface area contributed by atoms with Gasteiger partial charge in [-0.15, -0.1) is 11.3 Å². The highest BCUT2D eigenvalue weighted by molar-refractivity contribution is 7.25. The van der Waals surface area contributed by atoms with Crippen molar-refractivity contribution in [2.24, 2.45) is 0 Å². The molecule has 0 unspecified atom stereocenters. The quantitative estimate of drug-likeness (QED) is 0.179. The van der Waals surface area contributed by atoms with Crippen molar-refractivity contribution in [3.05, 3.63) is 170 Å². The molecule has 0 fully saturated rings. The number of hydrogen-bond donors (Lipinski definition) is 0. The Morgan fingerprint density at radius 3 is 1.51 bits per heavy atom. The van der Waals surface area contributed by atoms with Crippen molar-refractivity contribution in [1.29, 1.82) is 0 Å². The van der Waals surface area contributed by atoms with E-state index in [1.807, 2.05) is 11.3 Å². The Kier molecular flexibility index (Phi) is 6.11. The van der Waals surface area contributed by atoms with Crippen molar-refractivity contribution < 1.29 is 0 Å². The van der Waals surface area contributed by atoms with Crippen LogP contribution < -0.4 is 0 Å². The number of hydrogen-bond acceptors (Lipinski definition) is 1. The van der Waals surface area contributed by atoms with Crippen molar-refractivity contribution in [3.63, 3.8) is 0 Å². The molecule has 45 heavy (non-hydrogen) atoms. The van der Waals surface area contributed by atoms with Gasteiger partial charge >= 0.3 is 0 Å². The van der Waals surface area contributed by atoms with E-state index in [2.05, 4.69) is 170 Å². The van der Waals surface area contributed by atoms with Crippen LogP contribution in [0.1, 0.15) is 0 Å². The van der Waals surface area contributed by atoms with Crippen molar-refractivity contribution in [1.82, 2.24) is 0 Å². The predicted octanol–water partition coefficient (Wildman–Crippen LogP) is 13.0. The Balaban J connectivity index is 1.28. The molecule has 9 aromatic rings. The van der Waals surface area contributed by atoms with Gasteiger partial charge in [-0.25, -0.2) is 0 Å². The first-order valence-corrected chi connectivity index (χ1v) is 16.3. The summed E-state index contributed by atoms with van der Waals surface area (Å²) < 4.78 is 2.67. The molecular formula is C44H28S. The second kappa shape index (κ2) is 10.6. The van der Waals surface area contributed by atoms with E-state index in [9.17, 15) is 0 Å². The van der Waals surface area contributed by atoms with Crippen LogP contribution in [-0.2, 0) is 0 Å². The summed E-state index contributed by atoms with van der Waals surface area (Å²) in [4.78, 5) is 0. The average Bonchev–Trinajstić information content (AvgIpc) is 3.49. The smallest absolute Gasteiger partial charge is 0.0361 e. The Morgan fingerprint density at radius 1 is 0.267 bits per heavy atom. The summed E-state index contributed by atoms with van der Waals surface area (Å²) in [6, 6.07) is 62.2. The van der Waals surface area contributed by atoms with Gasteiger partial charge in [-0.3, -0.25) is 0 Å². The van der Waals surface area contributed by atoms with Crippen molar-refractivity contribution >= 4 is 53.1 Å². The molecule has 0 bridgehead atoms. The van der Waals surface area contributed by atoms with Crippen LogP contribution in [0.4, 0.5) is 0 Å². The van der Waals surface area contributed by atoms with E-state index in [4.69, 9.17) is 0 Å². The summed E-state index contributed by atoms with van der Waals surface area (Å²) in [6.07, 6.45) is 0. The summed E-state index contributed by atoms with van der Waals surface area (Å²) in [6.45, 7) is 0. The molecule has 0 nitrogen and oxygen atoms in total. The summed E-state index contributed by atoms with van der Waals surface area (Å²) >= 11 is 1.87. The Hall–Kier alpha value is -5.50. The Bertz CT molecular complexity index is 2480. The minimum Gasteiger partial charge on any atom is -0.135 e. The summed E-state index contributed by atoms with van der Waals surface area (Å²) in [7, 11) is 0. The largest absolute Gasteiger partial charge is 0.135 e. The molecule has 0 N–H and O–H groups in total. The summed E-state index contributed by atoms with van der Waals surface area (Å²) in [5.74, 6) is 0. The van der Waals surface area contributed by atoms with E-state index in [0.717, 1.165) is 0 Å². The monoisotopic (exact) mass is 588 g/mol. The molecule has 0 aliphatic carbocycles. The molecule has 0 aliphatic rings. The molecule has 1 heteroatoms. The fourth-order valence-electron chi connectivity index (χ4n) is 7.06. The van der Waals surface area contributed by atoms with E-state index < -0.39 is 0 Å². The minimum atomic E-state index is 1.23. The first kappa shape index (κ1) is 25.9. The number of thiophene rings is 1. The third-order valence-electron chi connectivity index (χ3n) is 9.08. The van der Waals surface area contributed by atoms with Crippen LogP contribution in [0.15, 0.2) is 170 Å². The van der Waals surface area contributed by atoms with Gasteiger partial charge in [-0.1, -0.05) is 152 Å². The molecule has 0 atom stereocenters. The SMILES string of the molecule is c1ccc(-c2ccccc2-c2c3ccccc3c(-c3cccc(-c4ccc5c(c4)sc4ccccc45)c3)c3ccccc23)cc1. The van der Waals surface area contributed by atoms with Crippen molar-refractivity contribution in [3.8, 4) is 44.5 Å². The maximum absolute atomic E-state index is 2.38. The van der Waals surface area contributed by atoms with E-state index in [-0.39, 0.29) is 0 Å². The molecular weight excluding hydrogens is 561 g/mol. The lowest BCUT2D eigenvalue weighted by atomic mass is 9.83. The van der Waals surface area contributed by atoms with Gasteiger partial charge in [0, 0.05) is 20.2 Å². The van der Waals surface area contributed by atoms with Crippen LogP contribution in [0.3, 0.4) is 0 Å². The fraction of sp³-hybridized carbons (Fsp3) is 0. The van der Waals surface area contributed by atoms with Crippen LogP contribution in [0.2, 0.25) is 0 Å². The summed E-state index contributed by atoms with van der Waals surface area (Å²) in [5, 5.41) is 7.75. The molecule has 0 amide bonds.